The van der Waals surface area contributed by atoms with E-state index in [1.54, 1.807) is 6.20 Å². The second-order valence-electron chi connectivity index (χ2n) is 5.83. The van der Waals surface area contributed by atoms with Crippen LogP contribution in [0.2, 0.25) is 0 Å². The largest absolute Gasteiger partial charge is 0.382 e. The van der Waals surface area contributed by atoms with E-state index in [1.165, 1.54) is 23.0 Å². The molecule has 6 heteroatoms. The van der Waals surface area contributed by atoms with E-state index in [4.69, 9.17) is 5.73 Å². The first kappa shape index (κ1) is 14.7. The second kappa shape index (κ2) is 5.85. The average Bonchev–Trinajstić information content (AvgIpc) is 2.75. The minimum atomic E-state index is 0.347. The van der Waals surface area contributed by atoms with Gasteiger partial charge in [-0.25, -0.2) is 0 Å². The van der Waals surface area contributed by atoms with Crippen molar-refractivity contribution in [3.05, 3.63) is 24.5 Å². The third-order valence-corrected chi connectivity index (χ3v) is 6.07. The molecule has 2 N–H and O–H groups in total. The lowest BCUT2D eigenvalue weighted by Gasteiger charge is -2.23. The van der Waals surface area contributed by atoms with Gasteiger partial charge in [-0.2, -0.15) is 16.1 Å². The highest BCUT2D eigenvalue weighted by atomic mass is 32.2. The van der Waals surface area contributed by atoms with Crippen LogP contribution in [0.3, 0.4) is 0 Å². The number of nitrogen functional groups attached to an aromatic ring is 1. The van der Waals surface area contributed by atoms with Gasteiger partial charge in [0.05, 0.1) is 5.56 Å². The molecule has 0 amide bonds. The van der Waals surface area contributed by atoms with Gasteiger partial charge in [0.2, 0.25) is 0 Å². The molecule has 112 valence electrons. The van der Waals surface area contributed by atoms with Crippen LogP contribution >= 0.6 is 23.3 Å². The topological polar surface area (TPSA) is 55.0 Å². The van der Waals surface area contributed by atoms with Gasteiger partial charge in [-0.15, -0.1) is 0 Å². The summed E-state index contributed by atoms with van der Waals surface area (Å²) in [6.45, 7) is 6.74. The van der Waals surface area contributed by atoms with Crippen LogP contribution in [0.5, 0.6) is 0 Å². The lowest BCUT2D eigenvalue weighted by Crippen LogP contribution is -2.26. The van der Waals surface area contributed by atoms with Crippen LogP contribution in [0.25, 0.3) is 11.1 Å². The Morgan fingerprint density at radius 1 is 1.33 bits per heavy atom. The minimum absolute atomic E-state index is 0.347. The summed E-state index contributed by atoms with van der Waals surface area (Å²) >= 11 is 3.55. The second-order valence-corrected chi connectivity index (χ2v) is 8.39. The molecule has 2 aromatic rings. The fourth-order valence-electron chi connectivity index (χ4n) is 2.51. The highest BCUT2D eigenvalue weighted by molar-refractivity contribution is 8.00. The van der Waals surface area contributed by atoms with E-state index in [1.807, 2.05) is 30.1 Å². The standard InChI is InChI=1S/C15H20N4S2/c1-15(2)5-7-19(8-9-20-15)14-12(13(16)18-21-14)11-4-3-6-17-10-11/h3-4,6,10H,5,7-9H2,1-2H3,(H2,16,18). The molecule has 4 nitrogen and oxygen atoms in total. The maximum atomic E-state index is 6.11. The number of nitrogens with two attached hydrogens (primary N) is 1. The van der Waals surface area contributed by atoms with Crippen LogP contribution in [0.15, 0.2) is 24.5 Å². The number of rotatable bonds is 2. The Morgan fingerprint density at radius 2 is 2.19 bits per heavy atom. The van der Waals surface area contributed by atoms with Crippen molar-refractivity contribution in [3.8, 4) is 11.1 Å². The van der Waals surface area contributed by atoms with Crippen molar-refractivity contribution >= 4 is 34.1 Å². The van der Waals surface area contributed by atoms with Gasteiger partial charge < -0.3 is 10.6 Å². The minimum Gasteiger partial charge on any atom is -0.382 e. The molecule has 1 aliphatic rings. The molecule has 1 saturated heterocycles. The van der Waals surface area contributed by atoms with Gasteiger partial charge in [0.1, 0.15) is 10.8 Å². The van der Waals surface area contributed by atoms with Crippen molar-refractivity contribution < 1.29 is 0 Å². The molecule has 0 saturated carbocycles. The van der Waals surface area contributed by atoms with E-state index in [-0.39, 0.29) is 0 Å². The van der Waals surface area contributed by atoms with E-state index >= 15 is 0 Å². The van der Waals surface area contributed by atoms with Gasteiger partial charge in [0.15, 0.2) is 0 Å². The van der Waals surface area contributed by atoms with E-state index in [0.29, 0.717) is 10.6 Å². The predicted molar refractivity (Wildman–Crippen MR) is 93.1 cm³/mol. The highest BCUT2D eigenvalue weighted by Crippen LogP contribution is 2.41. The average molecular weight is 320 g/mol. The summed E-state index contributed by atoms with van der Waals surface area (Å²) in [5.41, 5.74) is 8.20. The third-order valence-electron chi connectivity index (χ3n) is 3.78. The van der Waals surface area contributed by atoms with Crippen molar-refractivity contribution in [3.63, 3.8) is 0 Å². The van der Waals surface area contributed by atoms with Gasteiger partial charge in [-0.3, -0.25) is 4.98 Å². The molecule has 3 heterocycles. The summed E-state index contributed by atoms with van der Waals surface area (Å²) in [7, 11) is 0. The Balaban J connectivity index is 1.93. The monoisotopic (exact) mass is 320 g/mol. The molecule has 2 aromatic heterocycles. The molecule has 0 aliphatic carbocycles. The Kier molecular flexibility index (Phi) is 4.08. The molecule has 21 heavy (non-hydrogen) atoms. The Labute approximate surface area is 133 Å². The zero-order valence-corrected chi connectivity index (χ0v) is 14.0. The quantitative estimate of drug-likeness (QED) is 0.917. The first-order chi connectivity index (χ1) is 10.1. The fraction of sp³-hybridized carbons (Fsp3) is 0.467. The molecule has 1 fully saturated rings. The van der Waals surface area contributed by atoms with Crippen molar-refractivity contribution in [2.45, 2.75) is 25.0 Å². The number of hydrogen-bond donors (Lipinski definition) is 1. The van der Waals surface area contributed by atoms with Crippen LogP contribution < -0.4 is 10.6 Å². The molecule has 1 aliphatic heterocycles. The van der Waals surface area contributed by atoms with E-state index < -0.39 is 0 Å². The van der Waals surface area contributed by atoms with Crippen molar-refractivity contribution in [1.29, 1.82) is 0 Å². The lowest BCUT2D eigenvalue weighted by molar-refractivity contribution is 0.639. The number of aromatic nitrogens is 2. The molecule has 0 unspecified atom stereocenters. The smallest absolute Gasteiger partial charge is 0.147 e. The summed E-state index contributed by atoms with van der Waals surface area (Å²) in [5, 5.41) is 1.18. The van der Waals surface area contributed by atoms with Crippen LogP contribution in [0.4, 0.5) is 10.8 Å². The van der Waals surface area contributed by atoms with Gasteiger partial charge in [0, 0.05) is 41.5 Å². The van der Waals surface area contributed by atoms with Crippen LogP contribution in [0, 0.1) is 0 Å². The van der Waals surface area contributed by atoms with E-state index in [2.05, 4.69) is 28.1 Å². The molecular weight excluding hydrogens is 300 g/mol. The van der Waals surface area contributed by atoms with Crippen molar-refractivity contribution in [2.75, 3.05) is 29.5 Å². The van der Waals surface area contributed by atoms with Crippen LogP contribution in [-0.2, 0) is 0 Å². The molecule has 0 atom stereocenters. The highest BCUT2D eigenvalue weighted by Gasteiger charge is 2.26. The predicted octanol–water partition coefficient (Wildman–Crippen LogP) is 3.51. The summed E-state index contributed by atoms with van der Waals surface area (Å²) < 4.78 is 4.72. The van der Waals surface area contributed by atoms with Crippen LogP contribution in [0.1, 0.15) is 20.3 Å². The Bertz CT molecular complexity index is 609. The number of hydrogen-bond acceptors (Lipinski definition) is 6. The van der Waals surface area contributed by atoms with Gasteiger partial charge in [-0.1, -0.05) is 19.9 Å². The third kappa shape index (κ3) is 3.16. The molecule has 3 rings (SSSR count). The molecule has 0 spiro atoms. The number of pyridine rings is 1. The van der Waals surface area contributed by atoms with E-state index in [0.717, 1.165) is 30.0 Å². The summed E-state index contributed by atoms with van der Waals surface area (Å²) in [6.07, 6.45) is 4.81. The summed E-state index contributed by atoms with van der Waals surface area (Å²) in [5.74, 6) is 1.75. The summed E-state index contributed by atoms with van der Waals surface area (Å²) in [4.78, 5) is 6.64. The number of thioether (sulfide) groups is 1. The van der Waals surface area contributed by atoms with Gasteiger partial charge in [0.25, 0.3) is 0 Å². The lowest BCUT2D eigenvalue weighted by atomic mass is 10.1. The van der Waals surface area contributed by atoms with Crippen LogP contribution in [-0.4, -0.2) is 32.9 Å². The SMILES string of the molecule is CC1(C)CCN(c2snc(N)c2-c2cccnc2)CCS1. The zero-order valence-electron chi connectivity index (χ0n) is 12.4. The van der Waals surface area contributed by atoms with Crippen molar-refractivity contribution in [2.24, 2.45) is 0 Å². The number of nitrogens with zero attached hydrogens (tertiary/aromatic N) is 3. The van der Waals surface area contributed by atoms with Gasteiger partial charge in [-0.05, 0) is 24.0 Å². The Morgan fingerprint density at radius 3 is 2.95 bits per heavy atom. The van der Waals surface area contributed by atoms with Crippen molar-refractivity contribution in [1.82, 2.24) is 9.36 Å². The molecule has 0 aromatic carbocycles. The number of anilines is 2. The normalized spacial score (nSPS) is 18.5. The Hall–Kier alpha value is -1.27. The summed E-state index contributed by atoms with van der Waals surface area (Å²) in [6, 6.07) is 3.99. The zero-order chi connectivity index (χ0) is 14.9. The molecule has 0 radical (unpaired) electrons. The fourth-order valence-corrected chi connectivity index (χ4v) is 4.50. The maximum Gasteiger partial charge on any atom is 0.147 e. The first-order valence-corrected chi connectivity index (χ1v) is 8.87. The van der Waals surface area contributed by atoms with E-state index in [9.17, 15) is 0 Å². The first-order valence-electron chi connectivity index (χ1n) is 7.11. The maximum absolute atomic E-state index is 6.11. The van der Waals surface area contributed by atoms with Gasteiger partial charge >= 0.3 is 0 Å². The molecule has 0 bridgehead atoms. The molecular formula is C15H20N4S2.